The van der Waals surface area contributed by atoms with Gasteiger partial charge >= 0.3 is 6.18 Å². The molecule has 30 heavy (non-hydrogen) atoms. The van der Waals surface area contributed by atoms with Gasteiger partial charge in [0, 0.05) is 33.3 Å². The van der Waals surface area contributed by atoms with Gasteiger partial charge in [-0.2, -0.15) is 17.5 Å². The van der Waals surface area contributed by atoms with Crippen molar-refractivity contribution in [3.05, 3.63) is 29.8 Å². The summed E-state index contributed by atoms with van der Waals surface area (Å²) in [5.74, 6) is -0.646. The lowest BCUT2D eigenvalue weighted by atomic mass is 10.2. The Morgan fingerprint density at radius 1 is 1.13 bits per heavy atom. The van der Waals surface area contributed by atoms with Crippen LogP contribution < -0.4 is 0 Å². The van der Waals surface area contributed by atoms with Crippen molar-refractivity contribution in [2.45, 2.75) is 23.5 Å². The van der Waals surface area contributed by atoms with Crippen LogP contribution >= 0.6 is 0 Å². The second kappa shape index (κ2) is 8.61. The average Bonchev–Trinajstić information content (AvgIpc) is 2.99. The molecular weight excluding hydrogens is 427 g/mol. The molecule has 1 aromatic carbocycles. The molecule has 8 nitrogen and oxygen atoms in total. The normalized spacial score (nSPS) is 22.1. The standard InChI is InChI=1S/C18H22F3N3O5S/c1-29-10-9-24-16(25)12-15(17(24)26)22-5-7-23(8-6-22)30(27,28)14-4-2-3-13(11-14)18(19,20)21/h2-4,11,15H,5-10,12H2,1H3. The van der Waals surface area contributed by atoms with Gasteiger partial charge in [-0.25, -0.2) is 8.42 Å². The van der Waals surface area contributed by atoms with E-state index in [4.69, 9.17) is 4.74 Å². The van der Waals surface area contributed by atoms with Crippen molar-refractivity contribution in [1.29, 1.82) is 0 Å². The number of sulfonamides is 1. The lowest BCUT2D eigenvalue weighted by molar-refractivity contribution is -0.140. The molecule has 1 aromatic rings. The summed E-state index contributed by atoms with van der Waals surface area (Å²) in [5.41, 5.74) is -1.03. The minimum Gasteiger partial charge on any atom is -0.383 e. The van der Waals surface area contributed by atoms with E-state index in [1.54, 1.807) is 4.90 Å². The molecule has 3 rings (SSSR count). The highest BCUT2D eigenvalue weighted by atomic mass is 32.2. The Balaban J connectivity index is 1.67. The van der Waals surface area contributed by atoms with E-state index in [1.807, 2.05) is 0 Å². The number of hydrogen-bond donors (Lipinski definition) is 0. The highest BCUT2D eigenvalue weighted by molar-refractivity contribution is 7.89. The first kappa shape index (κ1) is 22.7. The summed E-state index contributed by atoms with van der Waals surface area (Å²) >= 11 is 0. The van der Waals surface area contributed by atoms with E-state index < -0.39 is 32.7 Å². The molecule has 0 aromatic heterocycles. The molecule has 2 aliphatic heterocycles. The molecule has 12 heteroatoms. The van der Waals surface area contributed by atoms with Crippen LogP contribution in [0.4, 0.5) is 13.2 Å². The van der Waals surface area contributed by atoms with Gasteiger partial charge < -0.3 is 4.74 Å². The van der Waals surface area contributed by atoms with Crippen molar-refractivity contribution >= 4 is 21.8 Å². The summed E-state index contributed by atoms with van der Waals surface area (Å²) in [7, 11) is -2.65. The lowest BCUT2D eigenvalue weighted by Gasteiger charge is -2.36. The largest absolute Gasteiger partial charge is 0.416 e. The van der Waals surface area contributed by atoms with Crippen LogP contribution in [0.1, 0.15) is 12.0 Å². The number of amides is 2. The average molecular weight is 449 g/mol. The van der Waals surface area contributed by atoms with Gasteiger partial charge in [-0.3, -0.25) is 19.4 Å². The molecule has 2 fully saturated rings. The summed E-state index contributed by atoms with van der Waals surface area (Å²) in [6.45, 7) is 0.797. The van der Waals surface area contributed by atoms with Gasteiger partial charge in [0.05, 0.1) is 36.1 Å². The molecule has 2 heterocycles. The number of alkyl halides is 3. The fraction of sp³-hybridized carbons (Fsp3) is 0.556. The van der Waals surface area contributed by atoms with Gasteiger partial charge in [0.1, 0.15) is 0 Å². The van der Waals surface area contributed by atoms with E-state index in [0.29, 0.717) is 6.07 Å². The molecule has 0 N–H and O–H groups in total. The summed E-state index contributed by atoms with van der Waals surface area (Å²) in [6, 6.07) is 2.96. The van der Waals surface area contributed by atoms with Crippen molar-refractivity contribution in [2.24, 2.45) is 0 Å². The van der Waals surface area contributed by atoms with Gasteiger partial charge in [0.2, 0.25) is 21.8 Å². The number of imide groups is 1. The first-order valence-electron chi connectivity index (χ1n) is 9.30. The van der Waals surface area contributed by atoms with Gasteiger partial charge in [-0.15, -0.1) is 0 Å². The van der Waals surface area contributed by atoms with Crippen LogP contribution in [-0.4, -0.2) is 86.8 Å². The van der Waals surface area contributed by atoms with E-state index in [2.05, 4.69) is 0 Å². The molecule has 0 radical (unpaired) electrons. The Kier molecular flexibility index (Phi) is 6.51. The Labute approximate surface area is 172 Å². The topological polar surface area (TPSA) is 87.2 Å². The Hall–Kier alpha value is -2.02. The van der Waals surface area contributed by atoms with Crippen molar-refractivity contribution in [3.8, 4) is 0 Å². The molecular formula is C18H22F3N3O5S. The SMILES string of the molecule is COCCN1C(=O)CC(N2CCN(S(=O)(=O)c3cccc(C(F)(F)F)c3)CC2)C1=O. The maximum Gasteiger partial charge on any atom is 0.416 e. The Bertz CT molecular complexity index is 914. The number of carbonyl (C=O) groups is 2. The minimum absolute atomic E-state index is 0.00855. The third-order valence-electron chi connectivity index (χ3n) is 5.25. The molecule has 1 unspecified atom stereocenters. The number of nitrogens with zero attached hydrogens (tertiary/aromatic N) is 3. The number of piperazine rings is 1. The Morgan fingerprint density at radius 2 is 1.80 bits per heavy atom. The molecule has 0 spiro atoms. The number of halogens is 3. The predicted octanol–water partition coefficient (Wildman–Crippen LogP) is 0.786. The summed E-state index contributed by atoms with van der Waals surface area (Å²) in [4.78, 5) is 27.1. The fourth-order valence-electron chi connectivity index (χ4n) is 3.61. The van der Waals surface area contributed by atoms with Gasteiger partial charge in [0.15, 0.2) is 0 Å². The number of ether oxygens (including phenoxy) is 1. The van der Waals surface area contributed by atoms with Crippen LogP contribution in [0.3, 0.4) is 0 Å². The minimum atomic E-state index is -4.64. The number of methoxy groups -OCH3 is 1. The van der Waals surface area contributed by atoms with Crippen LogP contribution in [0.15, 0.2) is 29.2 Å². The number of likely N-dealkylation sites (tertiary alicyclic amines) is 1. The van der Waals surface area contributed by atoms with E-state index in [0.717, 1.165) is 27.4 Å². The van der Waals surface area contributed by atoms with Crippen molar-refractivity contribution in [3.63, 3.8) is 0 Å². The molecule has 166 valence electrons. The molecule has 2 aliphatic rings. The summed E-state index contributed by atoms with van der Waals surface area (Å²) in [5, 5.41) is 0. The Morgan fingerprint density at radius 3 is 2.40 bits per heavy atom. The van der Waals surface area contributed by atoms with Crippen LogP contribution in [0.2, 0.25) is 0 Å². The third-order valence-corrected chi connectivity index (χ3v) is 7.15. The number of benzene rings is 1. The number of carbonyl (C=O) groups excluding carboxylic acids is 2. The van der Waals surface area contributed by atoms with Crippen LogP contribution in [0, 0.1) is 0 Å². The highest BCUT2D eigenvalue weighted by Gasteiger charge is 2.43. The molecule has 2 saturated heterocycles. The predicted molar refractivity (Wildman–Crippen MR) is 98.8 cm³/mol. The second-order valence-electron chi connectivity index (χ2n) is 7.06. The molecule has 0 aliphatic carbocycles. The quantitative estimate of drug-likeness (QED) is 0.597. The van der Waals surface area contributed by atoms with Crippen molar-refractivity contribution in [2.75, 3.05) is 46.4 Å². The van der Waals surface area contributed by atoms with Gasteiger partial charge in [-0.1, -0.05) is 6.07 Å². The maximum absolute atomic E-state index is 12.9. The van der Waals surface area contributed by atoms with Crippen LogP contribution in [0.5, 0.6) is 0 Å². The van der Waals surface area contributed by atoms with Gasteiger partial charge in [0.25, 0.3) is 0 Å². The molecule has 0 bridgehead atoms. The van der Waals surface area contributed by atoms with E-state index in [9.17, 15) is 31.2 Å². The second-order valence-corrected chi connectivity index (χ2v) is 9.00. The van der Waals surface area contributed by atoms with Crippen molar-refractivity contribution in [1.82, 2.24) is 14.1 Å². The molecule has 2 amide bonds. The van der Waals surface area contributed by atoms with E-state index >= 15 is 0 Å². The molecule has 0 saturated carbocycles. The van der Waals surface area contributed by atoms with Gasteiger partial charge in [-0.05, 0) is 18.2 Å². The monoisotopic (exact) mass is 449 g/mol. The highest BCUT2D eigenvalue weighted by Crippen LogP contribution is 2.31. The summed E-state index contributed by atoms with van der Waals surface area (Å²) < 4.78 is 70.3. The first-order valence-corrected chi connectivity index (χ1v) is 10.7. The van der Waals surface area contributed by atoms with Crippen LogP contribution in [-0.2, 0) is 30.5 Å². The number of rotatable bonds is 6. The zero-order chi connectivity index (χ0) is 22.1. The van der Waals surface area contributed by atoms with Crippen LogP contribution in [0.25, 0.3) is 0 Å². The maximum atomic E-state index is 12.9. The van der Waals surface area contributed by atoms with E-state index in [1.165, 1.54) is 7.11 Å². The molecule has 1 atom stereocenters. The zero-order valence-corrected chi connectivity index (χ0v) is 17.1. The van der Waals surface area contributed by atoms with Crippen molar-refractivity contribution < 1.29 is 35.9 Å². The number of hydrogen-bond acceptors (Lipinski definition) is 6. The van der Waals surface area contributed by atoms with E-state index in [-0.39, 0.29) is 57.6 Å². The first-order chi connectivity index (χ1) is 14.1. The lowest BCUT2D eigenvalue weighted by Crippen LogP contribution is -2.53. The zero-order valence-electron chi connectivity index (χ0n) is 16.3. The summed E-state index contributed by atoms with van der Waals surface area (Å²) in [6.07, 6.45) is -4.63. The smallest absolute Gasteiger partial charge is 0.383 e. The fourth-order valence-corrected chi connectivity index (χ4v) is 5.07. The third kappa shape index (κ3) is 4.51.